The van der Waals surface area contributed by atoms with Gasteiger partial charge in [0.1, 0.15) is 5.82 Å². The average molecular weight is 483 g/mol. The van der Waals surface area contributed by atoms with Gasteiger partial charge >= 0.3 is 0 Å². The molecular formula is C26H38N6OS. The first-order valence-corrected chi connectivity index (χ1v) is 14.0. The lowest BCUT2D eigenvalue weighted by atomic mass is 9.97. The topological polar surface area (TPSA) is 64.6 Å². The van der Waals surface area contributed by atoms with Crippen LogP contribution in [0.3, 0.4) is 0 Å². The van der Waals surface area contributed by atoms with Crippen molar-refractivity contribution >= 4 is 29.0 Å². The minimum Gasteiger partial charge on any atom is -0.356 e. The van der Waals surface area contributed by atoms with Gasteiger partial charge in [-0.05, 0) is 62.6 Å². The maximum Gasteiger partial charge on any atom is 0.227 e. The highest BCUT2D eigenvalue weighted by Crippen LogP contribution is 2.24. The molecule has 8 heteroatoms. The van der Waals surface area contributed by atoms with Crippen LogP contribution in [0.1, 0.15) is 56.2 Å². The number of likely N-dealkylation sites (tertiary alicyclic amines) is 2. The number of nitrogens with one attached hydrogen (secondary N) is 1. The molecule has 1 N–H and O–H groups in total. The Balaban J connectivity index is 1.11. The molecule has 184 valence electrons. The van der Waals surface area contributed by atoms with E-state index in [-0.39, 0.29) is 5.91 Å². The SMILES string of the molecule is O=C(Cc1cccs1)N1CCC(N2CCCC(Nc3nccc(N4CCCCCC4)n3)C2)CC1. The molecule has 0 bridgehead atoms. The molecule has 3 fully saturated rings. The summed E-state index contributed by atoms with van der Waals surface area (Å²) in [6.07, 6.45) is 12.1. The molecule has 5 rings (SSSR count). The standard InChI is InChI=1S/C26H38N6OS/c33-25(19-23-8-6-18-34-23)31-16-10-22(11-17-31)32-15-5-7-21(20-32)28-26-27-12-9-24(29-26)30-13-3-1-2-4-14-30/h6,8-9,12,18,21-22H,1-5,7,10-11,13-17,19-20H2,(H,27,28,29). The van der Waals surface area contributed by atoms with Gasteiger partial charge in [-0.15, -0.1) is 11.3 Å². The minimum absolute atomic E-state index is 0.278. The van der Waals surface area contributed by atoms with E-state index in [2.05, 4.69) is 37.1 Å². The molecule has 2 aromatic rings. The smallest absolute Gasteiger partial charge is 0.227 e. The van der Waals surface area contributed by atoms with Gasteiger partial charge in [0, 0.05) is 55.9 Å². The maximum absolute atomic E-state index is 12.7. The normalized spacial score (nSPS) is 23.0. The Bertz CT molecular complexity index is 906. The van der Waals surface area contributed by atoms with E-state index in [1.54, 1.807) is 11.3 Å². The molecule has 1 unspecified atom stereocenters. The predicted molar refractivity (Wildman–Crippen MR) is 139 cm³/mol. The van der Waals surface area contributed by atoms with Crippen molar-refractivity contribution in [2.75, 3.05) is 49.5 Å². The highest BCUT2D eigenvalue weighted by molar-refractivity contribution is 7.10. The van der Waals surface area contributed by atoms with Crippen molar-refractivity contribution in [2.45, 2.75) is 69.9 Å². The summed E-state index contributed by atoms with van der Waals surface area (Å²) in [5, 5.41) is 5.69. The molecule has 3 saturated heterocycles. The van der Waals surface area contributed by atoms with Crippen molar-refractivity contribution in [3.05, 3.63) is 34.7 Å². The third-order valence-electron chi connectivity index (χ3n) is 7.60. The Labute approximate surface area is 207 Å². The lowest BCUT2D eigenvalue weighted by Gasteiger charge is -2.42. The van der Waals surface area contributed by atoms with Crippen LogP contribution in [0.5, 0.6) is 0 Å². The first-order valence-electron chi connectivity index (χ1n) is 13.1. The number of amides is 1. The summed E-state index contributed by atoms with van der Waals surface area (Å²) >= 11 is 1.67. The van der Waals surface area contributed by atoms with Crippen LogP contribution in [0.2, 0.25) is 0 Å². The van der Waals surface area contributed by atoms with Crippen LogP contribution in [0.15, 0.2) is 29.8 Å². The Morgan fingerprint density at radius 1 is 1.00 bits per heavy atom. The Kier molecular flexibility index (Phi) is 7.96. The van der Waals surface area contributed by atoms with Gasteiger partial charge in [0.25, 0.3) is 0 Å². The van der Waals surface area contributed by atoms with E-state index in [0.29, 0.717) is 18.5 Å². The number of nitrogens with zero attached hydrogens (tertiary/aromatic N) is 5. The van der Waals surface area contributed by atoms with Crippen molar-refractivity contribution in [2.24, 2.45) is 0 Å². The number of carbonyl (C=O) groups is 1. The molecule has 34 heavy (non-hydrogen) atoms. The van der Waals surface area contributed by atoms with Gasteiger partial charge < -0.3 is 15.1 Å². The fourth-order valence-corrected chi connectivity index (χ4v) is 6.38. The zero-order chi connectivity index (χ0) is 23.2. The highest BCUT2D eigenvalue weighted by Gasteiger charge is 2.30. The number of piperidine rings is 2. The third kappa shape index (κ3) is 6.08. The lowest BCUT2D eigenvalue weighted by Crippen LogP contribution is -2.52. The second kappa shape index (κ2) is 11.5. The van der Waals surface area contributed by atoms with Crippen molar-refractivity contribution in [1.82, 2.24) is 19.8 Å². The summed E-state index contributed by atoms with van der Waals surface area (Å²) < 4.78 is 0. The number of hydrogen-bond donors (Lipinski definition) is 1. The second-order valence-corrected chi connectivity index (χ2v) is 11.0. The van der Waals surface area contributed by atoms with Crippen LogP contribution in [-0.4, -0.2) is 77.0 Å². The summed E-state index contributed by atoms with van der Waals surface area (Å²) in [6.45, 7) is 6.14. The van der Waals surface area contributed by atoms with Gasteiger partial charge in [0.15, 0.2) is 0 Å². The zero-order valence-corrected chi connectivity index (χ0v) is 21.0. The van der Waals surface area contributed by atoms with Gasteiger partial charge in [-0.1, -0.05) is 18.9 Å². The number of rotatable bonds is 6. The molecule has 0 aromatic carbocycles. The van der Waals surface area contributed by atoms with Crippen molar-refractivity contribution in [3.63, 3.8) is 0 Å². The van der Waals surface area contributed by atoms with Gasteiger partial charge in [-0.3, -0.25) is 9.69 Å². The molecule has 1 amide bonds. The second-order valence-electron chi connectivity index (χ2n) is 9.99. The fourth-order valence-electron chi connectivity index (χ4n) is 5.69. The van der Waals surface area contributed by atoms with E-state index in [4.69, 9.17) is 4.98 Å². The van der Waals surface area contributed by atoms with E-state index in [0.717, 1.165) is 70.3 Å². The van der Waals surface area contributed by atoms with Gasteiger partial charge in [-0.25, -0.2) is 4.98 Å². The molecule has 0 spiro atoms. The molecule has 3 aliphatic rings. The Hall–Kier alpha value is -2.19. The van der Waals surface area contributed by atoms with Gasteiger partial charge in [0.2, 0.25) is 11.9 Å². The van der Waals surface area contributed by atoms with Crippen LogP contribution in [0.25, 0.3) is 0 Å². The quantitative estimate of drug-likeness (QED) is 0.671. The molecule has 3 aliphatic heterocycles. The molecule has 0 saturated carbocycles. The van der Waals surface area contributed by atoms with Gasteiger partial charge in [0.05, 0.1) is 6.42 Å². The van der Waals surface area contributed by atoms with E-state index in [1.807, 2.05) is 17.6 Å². The molecule has 5 heterocycles. The molecule has 1 atom stereocenters. The number of aromatic nitrogens is 2. The van der Waals surface area contributed by atoms with Crippen LogP contribution >= 0.6 is 11.3 Å². The van der Waals surface area contributed by atoms with Crippen molar-refractivity contribution in [3.8, 4) is 0 Å². The monoisotopic (exact) mass is 482 g/mol. The van der Waals surface area contributed by atoms with Gasteiger partial charge in [-0.2, -0.15) is 4.98 Å². The average Bonchev–Trinajstić information content (AvgIpc) is 3.23. The maximum atomic E-state index is 12.7. The third-order valence-corrected chi connectivity index (χ3v) is 8.47. The summed E-state index contributed by atoms with van der Waals surface area (Å²) in [5.41, 5.74) is 0. The summed E-state index contributed by atoms with van der Waals surface area (Å²) in [6, 6.07) is 7.09. The first-order chi connectivity index (χ1) is 16.7. The Morgan fingerprint density at radius 3 is 2.59 bits per heavy atom. The Morgan fingerprint density at radius 2 is 1.82 bits per heavy atom. The summed E-state index contributed by atoms with van der Waals surface area (Å²) in [7, 11) is 0. The van der Waals surface area contributed by atoms with E-state index in [9.17, 15) is 4.79 Å². The van der Waals surface area contributed by atoms with Crippen LogP contribution in [-0.2, 0) is 11.2 Å². The lowest BCUT2D eigenvalue weighted by molar-refractivity contribution is -0.132. The van der Waals surface area contributed by atoms with Crippen LogP contribution in [0, 0.1) is 0 Å². The minimum atomic E-state index is 0.278. The number of hydrogen-bond acceptors (Lipinski definition) is 7. The zero-order valence-electron chi connectivity index (χ0n) is 20.2. The number of anilines is 2. The predicted octanol–water partition coefficient (Wildman–Crippen LogP) is 4.03. The van der Waals surface area contributed by atoms with E-state index in [1.165, 1.54) is 37.0 Å². The summed E-state index contributed by atoms with van der Waals surface area (Å²) in [4.78, 5) is 30.4. The van der Waals surface area contributed by atoms with Crippen LogP contribution in [0.4, 0.5) is 11.8 Å². The number of thiophene rings is 1. The van der Waals surface area contributed by atoms with E-state index >= 15 is 0 Å². The van der Waals surface area contributed by atoms with E-state index < -0.39 is 0 Å². The largest absolute Gasteiger partial charge is 0.356 e. The first kappa shape index (κ1) is 23.5. The van der Waals surface area contributed by atoms with Crippen molar-refractivity contribution in [1.29, 1.82) is 0 Å². The molecule has 7 nitrogen and oxygen atoms in total. The molecular weight excluding hydrogens is 444 g/mol. The highest BCUT2D eigenvalue weighted by atomic mass is 32.1. The number of carbonyl (C=O) groups excluding carboxylic acids is 1. The molecule has 2 aromatic heterocycles. The molecule has 0 aliphatic carbocycles. The van der Waals surface area contributed by atoms with Crippen LogP contribution < -0.4 is 10.2 Å². The fraction of sp³-hybridized carbons (Fsp3) is 0.654. The molecule has 0 radical (unpaired) electrons. The van der Waals surface area contributed by atoms with Crippen molar-refractivity contribution < 1.29 is 4.79 Å². The summed E-state index contributed by atoms with van der Waals surface area (Å²) in [5.74, 6) is 2.11.